The smallest absolute Gasteiger partial charge is 0.191 e. The number of thiazole rings is 1. The van der Waals surface area contributed by atoms with Crippen LogP contribution in [0.1, 0.15) is 29.2 Å². The third kappa shape index (κ3) is 4.55. The monoisotopic (exact) mass is 479 g/mol. The first-order chi connectivity index (χ1) is 15.6. The summed E-state index contributed by atoms with van der Waals surface area (Å²) in [6, 6.07) is 16.9. The highest BCUT2D eigenvalue weighted by Crippen LogP contribution is 2.38. The zero-order valence-electron chi connectivity index (χ0n) is 18.1. The van der Waals surface area contributed by atoms with Crippen molar-refractivity contribution >= 4 is 45.5 Å². The number of hydrogen-bond donors (Lipinski definition) is 1. The highest BCUT2D eigenvalue weighted by atomic mass is 35.5. The van der Waals surface area contributed by atoms with E-state index < -0.39 is 0 Å². The molecule has 0 radical (unpaired) electrons. The molecule has 4 aromatic rings. The number of pyridine rings is 1. The molecule has 33 heavy (non-hydrogen) atoms. The van der Waals surface area contributed by atoms with E-state index in [-0.39, 0.29) is 18.2 Å². The van der Waals surface area contributed by atoms with Gasteiger partial charge in [0.15, 0.2) is 5.13 Å². The van der Waals surface area contributed by atoms with Gasteiger partial charge in [0.25, 0.3) is 0 Å². The number of hydrogen-bond acceptors (Lipinski definition) is 6. The molecule has 0 unspecified atom stereocenters. The van der Waals surface area contributed by atoms with Crippen molar-refractivity contribution in [3.8, 4) is 17.3 Å². The maximum atomic E-state index is 13.4. The first-order valence-corrected chi connectivity index (χ1v) is 11.5. The lowest BCUT2D eigenvalue weighted by Crippen LogP contribution is -2.26. The van der Waals surface area contributed by atoms with Gasteiger partial charge in [-0.15, -0.1) is 12.4 Å². The molecule has 3 heterocycles. The van der Waals surface area contributed by atoms with Crippen molar-refractivity contribution < 1.29 is 4.39 Å². The molecule has 2 aromatic heterocycles. The molecule has 1 fully saturated rings. The summed E-state index contributed by atoms with van der Waals surface area (Å²) in [6.45, 7) is 2.09. The van der Waals surface area contributed by atoms with Crippen LogP contribution in [0.15, 0.2) is 54.7 Å². The first-order valence-electron chi connectivity index (χ1n) is 10.6. The summed E-state index contributed by atoms with van der Waals surface area (Å²) in [5, 5.41) is 14.9. The van der Waals surface area contributed by atoms with Crippen LogP contribution in [0, 0.1) is 17.1 Å². The van der Waals surface area contributed by atoms with E-state index in [0.717, 1.165) is 48.1 Å². The van der Waals surface area contributed by atoms with Gasteiger partial charge in [0.05, 0.1) is 11.2 Å². The Kier molecular flexibility index (Phi) is 6.89. The third-order valence-electron chi connectivity index (χ3n) is 6.04. The predicted molar refractivity (Wildman–Crippen MR) is 134 cm³/mol. The van der Waals surface area contributed by atoms with Gasteiger partial charge in [-0.05, 0) is 79.9 Å². The van der Waals surface area contributed by atoms with Crippen molar-refractivity contribution in [3.05, 3.63) is 71.0 Å². The Balaban J connectivity index is 0.00000259. The fourth-order valence-electron chi connectivity index (χ4n) is 4.29. The Morgan fingerprint density at radius 3 is 2.61 bits per heavy atom. The summed E-state index contributed by atoms with van der Waals surface area (Å²) in [5.74, 6) is 0.238. The molecule has 0 atom stereocenters. The standard InChI is InChI=1S/C25H22FN5S.ClH/c1-31(25-30-24(23(15-27)32-25)17-2-5-19(26)6-3-17)22-10-13-29-21-7-4-18(14-20(21)22)16-8-11-28-12-9-16;/h2-7,10,13-14,16,28H,8-9,11-12H2,1H3;1H. The van der Waals surface area contributed by atoms with Gasteiger partial charge in [0.1, 0.15) is 22.5 Å². The SMILES string of the molecule is CN(c1nc(-c2ccc(F)cc2)c(C#N)s1)c1ccnc2ccc(C3CCNCC3)cc12.Cl. The van der Waals surface area contributed by atoms with Crippen LogP contribution in [-0.2, 0) is 0 Å². The second kappa shape index (κ2) is 9.84. The van der Waals surface area contributed by atoms with E-state index >= 15 is 0 Å². The minimum absolute atomic E-state index is 0. The van der Waals surface area contributed by atoms with Crippen LogP contribution in [0.25, 0.3) is 22.2 Å². The number of aromatic nitrogens is 2. The van der Waals surface area contributed by atoms with E-state index in [2.05, 4.69) is 34.6 Å². The molecule has 0 aliphatic carbocycles. The molecule has 168 valence electrons. The molecule has 1 aliphatic rings. The third-order valence-corrected chi connectivity index (χ3v) is 7.07. The van der Waals surface area contributed by atoms with Gasteiger partial charge in [0.2, 0.25) is 0 Å². The quantitative estimate of drug-likeness (QED) is 0.387. The molecule has 0 bridgehead atoms. The summed E-state index contributed by atoms with van der Waals surface area (Å²) in [6.07, 6.45) is 4.07. The van der Waals surface area contributed by atoms with E-state index in [1.54, 1.807) is 18.3 Å². The fraction of sp³-hybridized carbons (Fsp3) is 0.240. The van der Waals surface area contributed by atoms with E-state index in [1.807, 2.05) is 18.0 Å². The number of halogens is 2. The average molecular weight is 480 g/mol. The van der Waals surface area contributed by atoms with Crippen molar-refractivity contribution in [1.82, 2.24) is 15.3 Å². The molecule has 5 nitrogen and oxygen atoms in total. The molecule has 2 aromatic carbocycles. The zero-order chi connectivity index (χ0) is 22.1. The van der Waals surface area contributed by atoms with E-state index in [4.69, 9.17) is 4.98 Å². The lowest BCUT2D eigenvalue weighted by atomic mass is 9.89. The van der Waals surface area contributed by atoms with Crippen molar-refractivity contribution in [2.24, 2.45) is 0 Å². The molecule has 0 amide bonds. The molecule has 1 aliphatic heterocycles. The van der Waals surface area contributed by atoms with Gasteiger partial charge in [-0.1, -0.05) is 17.4 Å². The van der Waals surface area contributed by atoms with Crippen LogP contribution in [0.2, 0.25) is 0 Å². The zero-order valence-corrected chi connectivity index (χ0v) is 19.7. The maximum Gasteiger partial charge on any atom is 0.191 e. The molecule has 5 rings (SSSR count). The lowest BCUT2D eigenvalue weighted by molar-refractivity contribution is 0.460. The summed E-state index contributed by atoms with van der Waals surface area (Å²) in [5.41, 5.74) is 4.57. The van der Waals surface area contributed by atoms with Crippen molar-refractivity contribution in [3.63, 3.8) is 0 Å². The predicted octanol–water partition coefficient (Wildman–Crippen LogP) is 6.03. The number of anilines is 2. The van der Waals surface area contributed by atoms with Gasteiger partial charge in [-0.25, -0.2) is 9.37 Å². The van der Waals surface area contributed by atoms with Gasteiger partial charge in [-0.2, -0.15) is 5.26 Å². The first kappa shape index (κ1) is 23.1. The molecule has 1 saturated heterocycles. The highest BCUT2D eigenvalue weighted by Gasteiger charge is 2.20. The van der Waals surface area contributed by atoms with E-state index in [1.165, 1.54) is 29.0 Å². The number of nitrogens with one attached hydrogen (secondary N) is 1. The number of fused-ring (bicyclic) bond motifs is 1. The van der Waals surface area contributed by atoms with Crippen LogP contribution in [-0.4, -0.2) is 30.1 Å². The van der Waals surface area contributed by atoms with Gasteiger partial charge in [0, 0.05) is 24.2 Å². The second-order valence-electron chi connectivity index (χ2n) is 7.98. The van der Waals surface area contributed by atoms with Gasteiger partial charge < -0.3 is 10.2 Å². The Hall–Kier alpha value is -3.05. The summed E-state index contributed by atoms with van der Waals surface area (Å²) < 4.78 is 13.4. The lowest BCUT2D eigenvalue weighted by Gasteiger charge is -2.24. The van der Waals surface area contributed by atoms with E-state index in [0.29, 0.717) is 21.6 Å². The molecule has 8 heteroatoms. The number of rotatable bonds is 4. The molecular weight excluding hydrogens is 457 g/mol. The van der Waals surface area contributed by atoms with Crippen molar-refractivity contribution in [1.29, 1.82) is 5.26 Å². The highest BCUT2D eigenvalue weighted by molar-refractivity contribution is 7.16. The van der Waals surface area contributed by atoms with Crippen LogP contribution in [0.5, 0.6) is 0 Å². The van der Waals surface area contributed by atoms with Gasteiger partial charge in [-0.3, -0.25) is 4.98 Å². The number of nitrogens with zero attached hydrogens (tertiary/aromatic N) is 4. The molecule has 0 saturated carbocycles. The van der Waals surface area contributed by atoms with Gasteiger partial charge >= 0.3 is 0 Å². The summed E-state index contributed by atoms with van der Waals surface area (Å²) in [7, 11) is 1.96. The molecule has 1 N–H and O–H groups in total. The maximum absolute atomic E-state index is 13.4. The Bertz CT molecular complexity index is 1310. The fourth-order valence-corrected chi connectivity index (χ4v) is 5.15. The van der Waals surface area contributed by atoms with Crippen LogP contribution >= 0.6 is 23.7 Å². The largest absolute Gasteiger partial charge is 0.320 e. The van der Waals surface area contributed by atoms with Crippen molar-refractivity contribution in [2.75, 3.05) is 25.0 Å². The van der Waals surface area contributed by atoms with Crippen LogP contribution < -0.4 is 10.2 Å². The topological polar surface area (TPSA) is 64.8 Å². The van der Waals surface area contributed by atoms with Crippen LogP contribution in [0.4, 0.5) is 15.2 Å². The number of nitriles is 1. The minimum atomic E-state index is -0.312. The Morgan fingerprint density at radius 2 is 1.88 bits per heavy atom. The summed E-state index contributed by atoms with van der Waals surface area (Å²) >= 11 is 1.33. The Labute approximate surface area is 202 Å². The van der Waals surface area contributed by atoms with Crippen LogP contribution in [0.3, 0.4) is 0 Å². The minimum Gasteiger partial charge on any atom is -0.320 e. The van der Waals surface area contributed by atoms with E-state index in [9.17, 15) is 9.65 Å². The molecule has 0 spiro atoms. The molecular formula is C25H23ClFN5S. The average Bonchev–Trinajstić information content (AvgIpc) is 3.28. The second-order valence-corrected chi connectivity index (χ2v) is 8.96. The summed E-state index contributed by atoms with van der Waals surface area (Å²) in [4.78, 5) is 11.8. The Morgan fingerprint density at radius 1 is 1.12 bits per heavy atom. The normalized spacial score (nSPS) is 14.0. The van der Waals surface area contributed by atoms with Crippen molar-refractivity contribution in [2.45, 2.75) is 18.8 Å². The number of benzene rings is 2. The number of piperidine rings is 1.